The van der Waals surface area contributed by atoms with Crippen molar-refractivity contribution in [3.8, 4) is 0 Å². The van der Waals surface area contributed by atoms with E-state index in [1.165, 1.54) is 5.56 Å². The van der Waals surface area contributed by atoms with Crippen LogP contribution in [0.4, 0.5) is 0 Å². The molecule has 0 amide bonds. The minimum Gasteiger partial charge on any atom is -0.339 e. The van der Waals surface area contributed by atoms with Crippen molar-refractivity contribution < 1.29 is 0 Å². The minimum absolute atomic E-state index is 0.297. The second-order valence-corrected chi connectivity index (χ2v) is 4.65. The topological polar surface area (TPSA) is 53.6 Å². The van der Waals surface area contributed by atoms with Gasteiger partial charge >= 0.3 is 0 Å². The van der Waals surface area contributed by atoms with Crippen molar-refractivity contribution in [3.05, 3.63) is 36.3 Å². The van der Waals surface area contributed by atoms with Gasteiger partial charge in [0, 0.05) is 30.2 Å². The molecule has 1 unspecified atom stereocenters. The molecule has 0 bridgehead atoms. The Bertz CT molecular complexity index is 455. The molecule has 0 saturated heterocycles. The van der Waals surface area contributed by atoms with Gasteiger partial charge in [-0.1, -0.05) is 13.0 Å². The summed E-state index contributed by atoms with van der Waals surface area (Å²) in [6.07, 6.45) is 5.38. The Labute approximate surface area is 105 Å². The van der Waals surface area contributed by atoms with Crippen LogP contribution in [0.3, 0.4) is 0 Å². The molecule has 2 heterocycles. The Hall–Kier alpha value is -1.33. The van der Waals surface area contributed by atoms with E-state index >= 15 is 0 Å². The smallest absolute Gasteiger partial charge is 0.171 e. The lowest BCUT2D eigenvalue weighted by atomic mass is 10.1. The van der Waals surface area contributed by atoms with Crippen LogP contribution in [0.15, 0.2) is 40.9 Å². The lowest BCUT2D eigenvalue weighted by molar-refractivity contribution is 0.585. The van der Waals surface area contributed by atoms with Crippen LogP contribution in [0.2, 0.25) is 0 Å². The first-order valence-electron chi connectivity index (χ1n) is 5.66. The number of H-pyrrole nitrogens is 1. The number of aromatic amines is 1. The summed E-state index contributed by atoms with van der Waals surface area (Å²) in [6.45, 7) is 5.19. The molecule has 0 fully saturated rings. The fourth-order valence-corrected chi connectivity index (χ4v) is 2.53. The van der Waals surface area contributed by atoms with Gasteiger partial charge in [0.25, 0.3) is 0 Å². The number of nitrogens with zero attached hydrogens (tertiary/aromatic N) is 2. The standard InChI is InChI=1S/C12H16N4S/c1-3-13-9(2)10-5-4-6-14-11(10)17-12-15-7-8-16-12/h4-9,13H,3H2,1-2H3,(H,15,16). The number of imidazole rings is 1. The highest BCUT2D eigenvalue weighted by Crippen LogP contribution is 2.28. The summed E-state index contributed by atoms with van der Waals surface area (Å²) in [5, 5.41) is 5.26. The zero-order chi connectivity index (χ0) is 12.1. The molecular formula is C12H16N4S. The van der Waals surface area contributed by atoms with E-state index in [2.05, 4.69) is 40.2 Å². The van der Waals surface area contributed by atoms with E-state index in [-0.39, 0.29) is 0 Å². The fourth-order valence-electron chi connectivity index (χ4n) is 1.63. The molecule has 2 N–H and O–H groups in total. The third-order valence-electron chi connectivity index (χ3n) is 2.44. The summed E-state index contributed by atoms with van der Waals surface area (Å²) in [7, 11) is 0. The predicted molar refractivity (Wildman–Crippen MR) is 69.0 cm³/mol. The van der Waals surface area contributed by atoms with Crippen molar-refractivity contribution >= 4 is 11.8 Å². The van der Waals surface area contributed by atoms with Crippen LogP contribution < -0.4 is 5.32 Å². The van der Waals surface area contributed by atoms with Gasteiger partial charge in [-0.2, -0.15) is 0 Å². The molecule has 0 spiro atoms. The zero-order valence-corrected chi connectivity index (χ0v) is 10.8. The number of rotatable bonds is 5. The summed E-state index contributed by atoms with van der Waals surface area (Å²) >= 11 is 1.56. The zero-order valence-electron chi connectivity index (χ0n) is 9.97. The van der Waals surface area contributed by atoms with Crippen LogP contribution in [0, 0.1) is 0 Å². The molecule has 4 nitrogen and oxygen atoms in total. The fraction of sp³-hybridized carbons (Fsp3) is 0.333. The Morgan fingerprint density at radius 3 is 3.00 bits per heavy atom. The van der Waals surface area contributed by atoms with Gasteiger partial charge in [0.2, 0.25) is 0 Å². The number of pyridine rings is 1. The second kappa shape index (κ2) is 5.84. The normalized spacial score (nSPS) is 12.6. The van der Waals surface area contributed by atoms with Crippen molar-refractivity contribution in [1.29, 1.82) is 0 Å². The van der Waals surface area contributed by atoms with Crippen LogP contribution in [-0.4, -0.2) is 21.5 Å². The predicted octanol–water partition coefficient (Wildman–Crippen LogP) is 2.63. The van der Waals surface area contributed by atoms with Crippen LogP contribution in [-0.2, 0) is 0 Å². The largest absolute Gasteiger partial charge is 0.339 e. The number of hydrogen-bond donors (Lipinski definition) is 2. The molecular weight excluding hydrogens is 232 g/mol. The molecule has 0 aliphatic rings. The lowest BCUT2D eigenvalue weighted by Crippen LogP contribution is -2.18. The first kappa shape index (κ1) is 12.1. The molecule has 2 aromatic rings. The first-order valence-corrected chi connectivity index (χ1v) is 6.48. The third kappa shape index (κ3) is 3.08. The average molecular weight is 248 g/mol. The van der Waals surface area contributed by atoms with Gasteiger partial charge in [-0.25, -0.2) is 9.97 Å². The van der Waals surface area contributed by atoms with Gasteiger partial charge in [-0.3, -0.25) is 0 Å². The molecule has 1 atom stereocenters. The van der Waals surface area contributed by atoms with E-state index in [0.29, 0.717) is 6.04 Å². The van der Waals surface area contributed by atoms with Crippen molar-refractivity contribution in [1.82, 2.24) is 20.3 Å². The third-order valence-corrected chi connectivity index (χ3v) is 3.39. The summed E-state index contributed by atoms with van der Waals surface area (Å²) < 4.78 is 0. The molecule has 2 aromatic heterocycles. The van der Waals surface area contributed by atoms with Crippen LogP contribution >= 0.6 is 11.8 Å². The monoisotopic (exact) mass is 248 g/mol. The van der Waals surface area contributed by atoms with E-state index in [4.69, 9.17) is 0 Å². The molecule has 2 rings (SSSR count). The Balaban J connectivity index is 2.21. The summed E-state index contributed by atoms with van der Waals surface area (Å²) in [6, 6.07) is 4.37. The van der Waals surface area contributed by atoms with E-state index in [9.17, 15) is 0 Å². The first-order chi connectivity index (χ1) is 8.31. The van der Waals surface area contributed by atoms with E-state index < -0.39 is 0 Å². The molecule has 0 aromatic carbocycles. The molecule has 0 radical (unpaired) electrons. The van der Waals surface area contributed by atoms with E-state index in [0.717, 1.165) is 16.7 Å². The van der Waals surface area contributed by atoms with Crippen molar-refractivity contribution in [2.24, 2.45) is 0 Å². The van der Waals surface area contributed by atoms with Crippen molar-refractivity contribution in [2.75, 3.05) is 6.54 Å². The molecule has 0 aliphatic carbocycles. The average Bonchev–Trinajstić information content (AvgIpc) is 2.83. The molecule has 0 saturated carbocycles. The maximum atomic E-state index is 4.42. The number of hydrogen-bond acceptors (Lipinski definition) is 4. The molecule has 17 heavy (non-hydrogen) atoms. The second-order valence-electron chi connectivity index (χ2n) is 3.67. The Morgan fingerprint density at radius 2 is 2.29 bits per heavy atom. The number of nitrogens with one attached hydrogen (secondary N) is 2. The Kier molecular flexibility index (Phi) is 4.17. The van der Waals surface area contributed by atoms with Gasteiger partial charge < -0.3 is 10.3 Å². The molecule has 0 aliphatic heterocycles. The highest BCUT2D eigenvalue weighted by atomic mass is 32.2. The van der Waals surface area contributed by atoms with Crippen molar-refractivity contribution in [2.45, 2.75) is 30.1 Å². The van der Waals surface area contributed by atoms with Crippen LogP contribution in [0.1, 0.15) is 25.5 Å². The van der Waals surface area contributed by atoms with Crippen LogP contribution in [0.25, 0.3) is 0 Å². The summed E-state index contributed by atoms with van der Waals surface area (Å²) in [5.41, 5.74) is 1.20. The quantitative estimate of drug-likeness (QED) is 0.854. The highest BCUT2D eigenvalue weighted by molar-refractivity contribution is 7.99. The van der Waals surface area contributed by atoms with Crippen LogP contribution in [0.5, 0.6) is 0 Å². The lowest BCUT2D eigenvalue weighted by Gasteiger charge is -2.15. The maximum absolute atomic E-state index is 4.42. The highest BCUT2D eigenvalue weighted by Gasteiger charge is 2.12. The maximum Gasteiger partial charge on any atom is 0.171 e. The van der Waals surface area contributed by atoms with Gasteiger partial charge in [0.1, 0.15) is 5.03 Å². The molecule has 90 valence electrons. The van der Waals surface area contributed by atoms with E-state index in [1.807, 2.05) is 18.5 Å². The van der Waals surface area contributed by atoms with E-state index in [1.54, 1.807) is 18.0 Å². The van der Waals surface area contributed by atoms with Crippen molar-refractivity contribution in [3.63, 3.8) is 0 Å². The van der Waals surface area contributed by atoms with Gasteiger partial charge in [-0.15, -0.1) is 0 Å². The number of aromatic nitrogens is 3. The van der Waals surface area contributed by atoms with Gasteiger partial charge in [-0.05, 0) is 31.3 Å². The Morgan fingerprint density at radius 1 is 1.41 bits per heavy atom. The molecule has 5 heteroatoms. The summed E-state index contributed by atoms with van der Waals surface area (Å²) in [4.78, 5) is 11.7. The van der Waals surface area contributed by atoms with Gasteiger partial charge in [0.15, 0.2) is 5.16 Å². The van der Waals surface area contributed by atoms with Gasteiger partial charge in [0.05, 0.1) is 0 Å². The SMILES string of the molecule is CCNC(C)c1cccnc1Sc1ncc[nH]1. The summed E-state index contributed by atoms with van der Waals surface area (Å²) in [5.74, 6) is 0. The minimum atomic E-state index is 0.297.